The summed E-state index contributed by atoms with van der Waals surface area (Å²) >= 11 is 1.26. The smallest absolute Gasteiger partial charge is 0.266 e. The molecule has 4 aromatic rings. The van der Waals surface area contributed by atoms with E-state index in [0.717, 1.165) is 40.2 Å². The molecule has 36 heavy (non-hydrogen) atoms. The molecular formula is C29H31N3O3S. The monoisotopic (exact) mass is 501 g/mol. The van der Waals surface area contributed by atoms with Gasteiger partial charge in [0.15, 0.2) is 5.75 Å². The number of rotatable bonds is 10. The number of nitrogens with zero attached hydrogens (tertiary/aromatic N) is 2. The molecule has 0 saturated carbocycles. The van der Waals surface area contributed by atoms with Crippen molar-refractivity contribution in [3.63, 3.8) is 0 Å². The van der Waals surface area contributed by atoms with Crippen molar-refractivity contribution in [3.8, 4) is 22.8 Å². The van der Waals surface area contributed by atoms with Crippen molar-refractivity contribution in [1.82, 2.24) is 9.97 Å². The van der Waals surface area contributed by atoms with Gasteiger partial charge >= 0.3 is 0 Å². The largest absolute Gasteiger partial charge is 0.504 e. The molecule has 0 aliphatic rings. The highest BCUT2D eigenvalue weighted by Crippen LogP contribution is 2.42. The van der Waals surface area contributed by atoms with E-state index in [2.05, 4.69) is 21.8 Å². The van der Waals surface area contributed by atoms with Gasteiger partial charge in [-0.2, -0.15) is 0 Å². The molecule has 6 nitrogen and oxygen atoms in total. The number of benzene rings is 2. The van der Waals surface area contributed by atoms with Gasteiger partial charge in [-0.1, -0.05) is 55.4 Å². The summed E-state index contributed by atoms with van der Waals surface area (Å²) in [6.45, 7) is 4.81. The lowest BCUT2D eigenvalue weighted by Crippen LogP contribution is -2.22. The molecule has 0 bridgehead atoms. The Labute approximate surface area is 216 Å². The molecule has 0 fully saturated rings. The number of nitrogens with one attached hydrogen (secondary N) is 1. The van der Waals surface area contributed by atoms with Crippen molar-refractivity contribution in [2.75, 3.05) is 18.6 Å². The fourth-order valence-electron chi connectivity index (χ4n) is 4.14. The van der Waals surface area contributed by atoms with E-state index in [-0.39, 0.29) is 16.2 Å². The van der Waals surface area contributed by atoms with Crippen molar-refractivity contribution in [1.29, 1.82) is 0 Å². The Balaban J connectivity index is 1.71. The van der Waals surface area contributed by atoms with Gasteiger partial charge in [-0.25, -0.2) is 4.98 Å². The molecule has 2 heterocycles. The van der Waals surface area contributed by atoms with Gasteiger partial charge in [0, 0.05) is 35.1 Å². The van der Waals surface area contributed by atoms with Gasteiger partial charge in [0.05, 0.1) is 7.11 Å². The van der Waals surface area contributed by atoms with E-state index in [9.17, 15) is 9.90 Å². The average molecular weight is 502 g/mol. The molecule has 7 heteroatoms. The van der Waals surface area contributed by atoms with Gasteiger partial charge in [0.2, 0.25) is 5.88 Å². The van der Waals surface area contributed by atoms with Gasteiger partial charge in [-0.05, 0) is 61.2 Å². The molecule has 2 aromatic heterocycles. The molecule has 0 radical (unpaired) electrons. The minimum atomic E-state index is -0.278. The van der Waals surface area contributed by atoms with Crippen LogP contribution in [0.2, 0.25) is 0 Å². The zero-order valence-corrected chi connectivity index (χ0v) is 21.6. The number of pyridine rings is 2. The molecule has 0 saturated heterocycles. The Kier molecular flexibility index (Phi) is 8.33. The van der Waals surface area contributed by atoms with E-state index < -0.39 is 0 Å². The van der Waals surface area contributed by atoms with E-state index >= 15 is 0 Å². The number of hydrogen-bond acceptors (Lipinski definition) is 6. The van der Waals surface area contributed by atoms with E-state index in [1.165, 1.54) is 11.8 Å². The third kappa shape index (κ3) is 5.57. The van der Waals surface area contributed by atoms with Crippen LogP contribution in [0.25, 0.3) is 11.1 Å². The van der Waals surface area contributed by atoms with Gasteiger partial charge in [0.1, 0.15) is 10.6 Å². The van der Waals surface area contributed by atoms with Crippen LogP contribution in [0.5, 0.6) is 11.6 Å². The van der Waals surface area contributed by atoms with Gasteiger partial charge in [-0.15, -0.1) is 0 Å². The topological polar surface area (TPSA) is 78.5 Å². The van der Waals surface area contributed by atoms with Crippen molar-refractivity contribution >= 4 is 23.1 Å². The summed E-state index contributed by atoms with van der Waals surface area (Å²) in [5.74, 6) is 0.570. The molecule has 0 unspecified atom stereocenters. The quantitative estimate of drug-likeness (QED) is 0.249. The van der Waals surface area contributed by atoms with E-state index in [0.29, 0.717) is 24.5 Å². The van der Waals surface area contributed by atoms with Crippen LogP contribution in [-0.4, -0.2) is 28.7 Å². The number of ether oxygens (including phenoxy) is 1. The molecule has 0 atom stereocenters. The maximum Gasteiger partial charge on any atom is 0.266 e. The predicted octanol–water partition coefficient (Wildman–Crippen LogP) is 6.80. The fourth-order valence-corrected chi connectivity index (χ4v) is 4.99. The zero-order chi connectivity index (χ0) is 25.5. The number of aromatic hydroxyl groups is 1. The number of aromatic nitrogens is 2. The zero-order valence-electron chi connectivity index (χ0n) is 20.8. The van der Waals surface area contributed by atoms with E-state index in [4.69, 9.17) is 4.74 Å². The first kappa shape index (κ1) is 25.4. The second kappa shape index (κ2) is 11.8. The van der Waals surface area contributed by atoms with Crippen molar-refractivity contribution < 1.29 is 9.84 Å². The summed E-state index contributed by atoms with van der Waals surface area (Å²) in [6, 6.07) is 21.6. The highest BCUT2D eigenvalue weighted by Gasteiger charge is 2.23. The predicted molar refractivity (Wildman–Crippen MR) is 147 cm³/mol. The highest BCUT2D eigenvalue weighted by molar-refractivity contribution is 7.99. The summed E-state index contributed by atoms with van der Waals surface area (Å²) in [5.41, 5.74) is 4.11. The maximum atomic E-state index is 13.1. The summed E-state index contributed by atoms with van der Waals surface area (Å²) in [4.78, 5) is 23.5. The third-order valence-corrected chi connectivity index (χ3v) is 7.07. The number of anilines is 2. The summed E-state index contributed by atoms with van der Waals surface area (Å²) in [7, 11) is 1.59. The van der Waals surface area contributed by atoms with Crippen LogP contribution in [-0.2, 0) is 6.42 Å². The van der Waals surface area contributed by atoms with Crippen molar-refractivity contribution in [3.05, 3.63) is 89.0 Å². The Hall–Kier alpha value is -3.71. The van der Waals surface area contributed by atoms with Crippen LogP contribution in [0.3, 0.4) is 0 Å². The minimum Gasteiger partial charge on any atom is -0.504 e. The first-order valence-electron chi connectivity index (χ1n) is 12.1. The lowest BCUT2D eigenvalue weighted by atomic mass is 10.1. The number of hydrogen-bond donors (Lipinski definition) is 2. The first-order chi connectivity index (χ1) is 17.5. The van der Waals surface area contributed by atoms with Crippen LogP contribution in [0, 0.1) is 0 Å². The lowest BCUT2D eigenvalue weighted by Gasteiger charge is -2.27. The molecule has 186 valence electrons. The molecule has 4 rings (SSSR count). The highest BCUT2D eigenvalue weighted by atomic mass is 32.2. The Morgan fingerprint density at radius 2 is 1.78 bits per heavy atom. The molecule has 0 aliphatic carbocycles. The van der Waals surface area contributed by atoms with Crippen LogP contribution in [0.15, 0.2) is 87.5 Å². The van der Waals surface area contributed by atoms with Gasteiger partial charge in [-0.3, -0.25) is 4.79 Å². The van der Waals surface area contributed by atoms with Gasteiger partial charge in [0.25, 0.3) is 5.56 Å². The third-order valence-electron chi connectivity index (χ3n) is 5.98. The number of para-hydroxylation sites is 1. The first-order valence-corrected chi connectivity index (χ1v) is 13.0. The number of aryl methyl sites for hydroxylation is 1. The Morgan fingerprint density at radius 1 is 1.03 bits per heavy atom. The van der Waals surface area contributed by atoms with Crippen LogP contribution < -0.4 is 15.2 Å². The Morgan fingerprint density at radius 3 is 2.44 bits per heavy atom. The average Bonchev–Trinajstić information content (AvgIpc) is 2.92. The number of methoxy groups -OCH3 is 1. The summed E-state index contributed by atoms with van der Waals surface area (Å²) in [6.07, 6.45) is 4.31. The minimum absolute atomic E-state index is 0.0171. The second-order valence-electron chi connectivity index (χ2n) is 8.36. The van der Waals surface area contributed by atoms with Crippen LogP contribution >= 0.6 is 11.8 Å². The molecule has 2 N–H and O–H groups in total. The number of aromatic amines is 1. The fraction of sp³-hybridized carbons (Fsp3) is 0.241. The Bertz CT molecular complexity index is 1350. The normalized spacial score (nSPS) is 10.9. The van der Waals surface area contributed by atoms with E-state index in [1.807, 2.05) is 73.7 Å². The van der Waals surface area contributed by atoms with Crippen LogP contribution in [0.4, 0.5) is 11.4 Å². The second-order valence-corrected chi connectivity index (χ2v) is 9.44. The number of unbranched alkanes of at least 4 members (excludes halogenated alkanes) is 1. The molecule has 0 aliphatic heterocycles. The summed E-state index contributed by atoms with van der Waals surface area (Å²) in [5, 5.41) is 11.5. The number of H-pyrrole nitrogens is 1. The maximum absolute atomic E-state index is 13.1. The molecule has 0 spiro atoms. The SMILES string of the molecule is CCCCc1[nH]c(=O)c(Sc2ccc(-c3ccnc(OC)c3)cc2)c(O)c1N(CC)c1ccccc1. The molecule has 2 aromatic carbocycles. The molecule has 0 amide bonds. The lowest BCUT2D eigenvalue weighted by molar-refractivity contribution is 0.398. The standard InChI is InChI=1S/C29H31N3O3S/c1-4-6-12-24-26(32(5-2)22-10-8-7-9-11-22)27(33)28(29(34)31-24)36-23-15-13-20(14-16-23)21-17-18-30-25(19-21)35-3/h7-11,13-19H,4-6,12H2,1-3H3,(H2,31,33,34). The van der Waals surface area contributed by atoms with Crippen molar-refractivity contribution in [2.45, 2.75) is 42.9 Å². The van der Waals surface area contributed by atoms with Crippen LogP contribution in [0.1, 0.15) is 32.4 Å². The van der Waals surface area contributed by atoms with E-state index in [1.54, 1.807) is 13.3 Å². The molecular weight excluding hydrogens is 470 g/mol. The summed E-state index contributed by atoms with van der Waals surface area (Å²) < 4.78 is 5.23. The van der Waals surface area contributed by atoms with Crippen molar-refractivity contribution in [2.24, 2.45) is 0 Å². The van der Waals surface area contributed by atoms with Gasteiger partial charge < -0.3 is 19.7 Å².